The molecule has 1 aromatic carbocycles. The van der Waals surface area contributed by atoms with Gasteiger partial charge < -0.3 is 4.74 Å². The van der Waals surface area contributed by atoms with E-state index in [2.05, 4.69) is 26.0 Å². The number of ether oxygens (including phenoxy) is 1. The molecule has 158 valence electrons. The van der Waals surface area contributed by atoms with Crippen molar-refractivity contribution in [3.05, 3.63) is 29.8 Å². The second-order valence-corrected chi connectivity index (χ2v) is 9.43. The molecule has 2 fully saturated rings. The standard InChI is InChI=1S/C25H40O3/c1-20-5-9-22(10-6-20)4-3-17-26-25-15-13-24(14-16-25)19-28-27-18-23-11-7-21(2)8-12-23/h13-16,20-23H,3-12,17-19H2,1-2H3. The summed E-state index contributed by atoms with van der Waals surface area (Å²) < 4.78 is 5.91. The van der Waals surface area contributed by atoms with Crippen LogP contribution in [0.4, 0.5) is 0 Å². The Kier molecular flexibility index (Phi) is 9.14. The van der Waals surface area contributed by atoms with Crippen molar-refractivity contribution in [2.75, 3.05) is 13.2 Å². The average molecular weight is 389 g/mol. The number of benzene rings is 1. The van der Waals surface area contributed by atoms with Gasteiger partial charge in [0, 0.05) is 0 Å². The largest absolute Gasteiger partial charge is 0.494 e. The molecule has 3 rings (SSSR count). The van der Waals surface area contributed by atoms with Crippen molar-refractivity contribution in [2.24, 2.45) is 23.7 Å². The first kappa shape index (κ1) is 21.6. The van der Waals surface area contributed by atoms with Crippen molar-refractivity contribution in [1.82, 2.24) is 0 Å². The fraction of sp³-hybridized carbons (Fsp3) is 0.760. The highest BCUT2D eigenvalue weighted by atomic mass is 17.2. The zero-order valence-corrected chi connectivity index (χ0v) is 18.0. The minimum Gasteiger partial charge on any atom is -0.494 e. The molecule has 2 aliphatic carbocycles. The third kappa shape index (κ3) is 7.75. The zero-order valence-electron chi connectivity index (χ0n) is 18.0. The Morgan fingerprint density at radius 2 is 1.36 bits per heavy atom. The maximum absolute atomic E-state index is 5.91. The van der Waals surface area contributed by atoms with Crippen molar-refractivity contribution in [3.8, 4) is 5.75 Å². The van der Waals surface area contributed by atoms with Crippen LogP contribution in [0.25, 0.3) is 0 Å². The molecule has 1 aromatic rings. The summed E-state index contributed by atoms with van der Waals surface area (Å²) >= 11 is 0. The van der Waals surface area contributed by atoms with Gasteiger partial charge in [-0.2, -0.15) is 0 Å². The van der Waals surface area contributed by atoms with E-state index in [0.717, 1.165) is 48.7 Å². The predicted octanol–water partition coefficient (Wildman–Crippen LogP) is 6.95. The summed E-state index contributed by atoms with van der Waals surface area (Å²) in [6.07, 6.45) is 13.3. The molecular formula is C25H40O3. The van der Waals surface area contributed by atoms with Crippen LogP contribution in [0.5, 0.6) is 5.75 Å². The summed E-state index contributed by atoms with van der Waals surface area (Å²) in [7, 11) is 0. The van der Waals surface area contributed by atoms with Crippen molar-refractivity contribution in [1.29, 1.82) is 0 Å². The van der Waals surface area contributed by atoms with Gasteiger partial charge in [-0.3, -0.25) is 0 Å². The molecule has 0 aromatic heterocycles. The van der Waals surface area contributed by atoms with Gasteiger partial charge in [-0.25, -0.2) is 9.78 Å². The molecule has 0 atom stereocenters. The summed E-state index contributed by atoms with van der Waals surface area (Å²) in [4.78, 5) is 10.9. The monoisotopic (exact) mass is 388 g/mol. The van der Waals surface area contributed by atoms with Gasteiger partial charge in [-0.1, -0.05) is 64.5 Å². The molecule has 0 heterocycles. The Morgan fingerprint density at radius 1 is 0.750 bits per heavy atom. The number of hydrogen-bond donors (Lipinski definition) is 0. The molecule has 0 aliphatic heterocycles. The molecule has 0 unspecified atom stereocenters. The van der Waals surface area contributed by atoms with E-state index in [9.17, 15) is 0 Å². The Labute approximate surface area is 172 Å². The maximum atomic E-state index is 5.91. The predicted molar refractivity (Wildman–Crippen MR) is 114 cm³/mol. The highest BCUT2D eigenvalue weighted by Gasteiger charge is 2.19. The fourth-order valence-electron chi connectivity index (χ4n) is 4.61. The molecule has 2 saturated carbocycles. The Hall–Kier alpha value is -1.06. The molecule has 0 saturated heterocycles. The van der Waals surface area contributed by atoms with E-state index < -0.39 is 0 Å². The quantitative estimate of drug-likeness (QED) is 0.247. The smallest absolute Gasteiger partial charge is 0.119 e. The van der Waals surface area contributed by atoms with Gasteiger partial charge in [0.2, 0.25) is 0 Å². The normalized spacial score (nSPS) is 28.2. The van der Waals surface area contributed by atoms with Crippen LogP contribution in [0.3, 0.4) is 0 Å². The molecule has 0 spiro atoms. The Balaban J connectivity index is 1.23. The topological polar surface area (TPSA) is 27.7 Å². The summed E-state index contributed by atoms with van der Waals surface area (Å²) in [5, 5.41) is 0. The Morgan fingerprint density at radius 3 is 2.00 bits per heavy atom. The van der Waals surface area contributed by atoms with Crippen molar-refractivity contribution in [3.63, 3.8) is 0 Å². The summed E-state index contributed by atoms with van der Waals surface area (Å²) in [6, 6.07) is 8.24. The van der Waals surface area contributed by atoms with Crippen molar-refractivity contribution >= 4 is 0 Å². The Bertz CT molecular complexity index is 476. The second-order valence-electron chi connectivity index (χ2n) is 9.43. The van der Waals surface area contributed by atoms with E-state index >= 15 is 0 Å². The first-order valence-electron chi connectivity index (χ1n) is 11.6. The molecular weight excluding hydrogens is 348 g/mol. The van der Waals surface area contributed by atoms with Crippen molar-refractivity contribution < 1.29 is 14.5 Å². The van der Waals surface area contributed by atoms with Crippen molar-refractivity contribution in [2.45, 2.75) is 84.7 Å². The average Bonchev–Trinajstić information content (AvgIpc) is 2.72. The lowest BCUT2D eigenvalue weighted by atomic mass is 9.81. The van der Waals surface area contributed by atoms with E-state index in [1.54, 1.807) is 0 Å². The highest BCUT2D eigenvalue weighted by molar-refractivity contribution is 5.26. The molecule has 0 N–H and O–H groups in total. The third-order valence-electron chi connectivity index (χ3n) is 6.83. The van der Waals surface area contributed by atoms with Crippen LogP contribution >= 0.6 is 0 Å². The van der Waals surface area contributed by atoms with Crippen LogP contribution in [-0.2, 0) is 16.4 Å². The molecule has 0 amide bonds. The van der Waals surface area contributed by atoms with Gasteiger partial charge in [0.25, 0.3) is 0 Å². The summed E-state index contributed by atoms with van der Waals surface area (Å²) in [6.45, 7) is 6.79. The third-order valence-corrected chi connectivity index (χ3v) is 6.83. The van der Waals surface area contributed by atoms with Gasteiger partial charge in [0.1, 0.15) is 12.4 Å². The molecule has 2 aliphatic rings. The van der Waals surface area contributed by atoms with Crippen LogP contribution in [0, 0.1) is 23.7 Å². The van der Waals surface area contributed by atoms with Crippen LogP contribution in [0.2, 0.25) is 0 Å². The van der Waals surface area contributed by atoms with Crippen LogP contribution < -0.4 is 4.74 Å². The van der Waals surface area contributed by atoms with Crippen LogP contribution in [-0.4, -0.2) is 13.2 Å². The van der Waals surface area contributed by atoms with E-state index in [0.29, 0.717) is 12.5 Å². The fourth-order valence-corrected chi connectivity index (χ4v) is 4.61. The minimum absolute atomic E-state index is 0.503. The van der Waals surface area contributed by atoms with Gasteiger partial charge in [-0.15, -0.1) is 0 Å². The maximum Gasteiger partial charge on any atom is 0.119 e. The van der Waals surface area contributed by atoms with E-state index in [-0.39, 0.29) is 0 Å². The van der Waals surface area contributed by atoms with Gasteiger partial charge >= 0.3 is 0 Å². The lowest BCUT2D eigenvalue weighted by Crippen LogP contribution is -2.17. The number of rotatable bonds is 10. The number of hydrogen-bond acceptors (Lipinski definition) is 3. The minimum atomic E-state index is 0.503. The van der Waals surface area contributed by atoms with Crippen LogP contribution in [0.15, 0.2) is 24.3 Å². The second kappa shape index (κ2) is 11.8. The van der Waals surface area contributed by atoms with Gasteiger partial charge in [-0.05, 0) is 67.1 Å². The molecule has 3 nitrogen and oxygen atoms in total. The molecule has 28 heavy (non-hydrogen) atoms. The highest BCUT2D eigenvalue weighted by Crippen LogP contribution is 2.31. The van der Waals surface area contributed by atoms with E-state index in [1.807, 2.05) is 12.1 Å². The molecule has 3 heteroatoms. The van der Waals surface area contributed by atoms with Gasteiger partial charge in [0.15, 0.2) is 0 Å². The van der Waals surface area contributed by atoms with Gasteiger partial charge in [0.05, 0.1) is 13.2 Å². The van der Waals surface area contributed by atoms with E-state index in [4.69, 9.17) is 14.5 Å². The van der Waals surface area contributed by atoms with E-state index in [1.165, 1.54) is 57.8 Å². The lowest BCUT2D eigenvalue weighted by molar-refractivity contribution is -0.311. The first-order valence-corrected chi connectivity index (χ1v) is 11.6. The summed E-state index contributed by atoms with van der Waals surface area (Å²) in [5.74, 6) is 4.38. The lowest BCUT2D eigenvalue weighted by Gasteiger charge is -2.26. The zero-order chi connectivity index (χ0) is 19.6. The molecule has 0 bridgehead atoms. The summed E-state index contributed by atoms with van der Waals surface area (Å²) in [5.41, 5.74) is 1.13. The first-order chi connectivity index (χ1) is 13.7. The SMILES string of the molecule is CC1CCC(CCCOc2ccc(COOCC3CCC(C)CC3)cc2)CC1. The molecule has 0 radical (unpaired) electrons. The van der Waals surface area contributed by atoms with Crippen LogP contribution in [0.1, 0.15) is 83.6 Å².